The fourth-order valence-corrected chi connectivity index (χ4v) is 3.44. The number of amides is 1. The minimum atomic E-state index is 0.0913. The third-order valence-electron chi connectivity index (χ3n) is 4.82. The Bertz CT molecular complexity index is 850. The number of benzene rings is 1. The monoisotopic (exact) mass is 335 g/mol. The SMILES string of the molecule is Cc1ccnn1-c1ccc(C(=O)N2CCC[C@@H](n3ccnc3)C2)cc1. The Labute approximate surface area is 146 Å². The van der Waals surface area contributed by atoms with E-state index in [1.54, 1.807) is 12.4 Å². The lowest BCUT2D eigenvalue weighted by molar-refractivity contribution is 0.0679. The van der Waals surface area contributed by atoms with Crippen LogP contribution in [0.25, 0.3) is 5.69 Å². The standard InChI is InChI=1S/C19H21N5O/c1-15-8-9-21-24(15)17-6-4-16(5-7-17)19(25)22-11-2-3-18(13-22)23-12-10-20-14-23/h4-10,12,14,18H,2-3,11,13H2,1H3/t18-/m1/s1. The van der Waals surface area contributed by atoms with E-state index in [0.717, 1.165) is 42.9 Å². The minimum Gasteiger partial charge on any atom is -0.337 e. The number of imidazole rings is 1. The number of hydrogen-bond acceptors (Lipinski definition) is 3. The van der Waals surface area contributed by atoms with Crippen LogP contribution in [0.15, 0.2) is 55.2 Å². The fraction of sp³-hybridized carbons (Fsp3) is 0.316. The third-order valence-corrected chi connectivity index (χ3v) is 4.82. The van der Waals surface area contributed by atoms with Crippen LogP contribution < -0.4 is 0 Å². The van der Waals surface area contributed by atoms with E-state index < -0.39 is 0 Å². The van der Waals surface area contributed by atoms with Crippen molar-refractivity contribution in [1.82, 2.24) is 24.2 Å². The smallest absolute Gasteiger partial charge is 0.253 e. The molecule has 0 N–H and O–H groups in total. The zero-order valence-corrected chi connectivity index (χ0v) is 14.2. The van der Waals surface area contributed by atoms with Gasteiger partial charge in [-0.3, -0.25) is 4.79 Å². The Balaban J connectivity index is 1.50. The van der Waals surface area contributed by atoms with Gasteiger partial charge in [-0.1, -0.05) is 0 Å². The van der Waals surface area contributed by atoms with Crippen molar-refractivity contribution in [3.05, 3.63) is 66.5 Å². The predicted molar refractivity (Wildman–Crippen MR) is 94.7 cm³/mol. The van der Waals surface area contributed by atoms with Gasteiger partial charge < -0.3 is 9.47 Å². The van der Waals surface area contributed by atoms with Gasteiger partial charge in [-0.15, -0.1) is 0 Å². The molecular formula is C19H21N5O. The Morgan fingerprint density at radius 1 is 1.16 bits per heavy atom. The van der Waals surface area contributed by atoms with Crippen LogP contribution in [-0.2, 0) is 0 Å². The van der Waals surface area contributed by atoms with Gasteiger partial charge in [0, 0.05) is 42.9 Å². The Hall–Kier alpha value is -2.89. The maximum Gasteiger partial charge on any atom is 0.253 e. The number of aromatic nitrogens is 4. The van der Waals surface area contributed by atoms with Crippen molar-refractivity contribution in [2.24, 2.45) is 0 Å². The molecule has 0 aliphatic carbocycles. The van der Waals surface area contributed by atoms with E-state index in [2.05, 4.69) is 14.6 Å². The van der Waals surface area contributed by atoms with Crippen molar-refractivity contribution < 1.29 is 4.79 Å². The maximum atomic E-state index is 12.9. The molecule has 0 bridgehead atoms. The van der Waals surface area contributed by atoms with Crippen molar-refractivity contribution in [3.63, 3.8) is 0 Å². The first-order valence-electron chi connectivity index (χ1n) is 8.60. The van der Waals surface area contributed by atoms with Crippen LogP contribution in [0.4, 0.5) is 0 Å². The molecule has 1 amide bonds. The summed E-state index contributed by atoms with van der Waals surface area (Å²) in [5, 5.41) is 4.30. The average molecular weight is 335 g/mol. The molecule has 1 atom stereocenters. The van der Waals surface area contributed by atoms with Crippen LogP contribution in [0.1, 0.15) is 34.9 Å². The molecule has 0 unspecified atom stereocenters. The number of nitrogens with zero attached hydrogens (tertiary/aromatic N) is 5. The van der Waals surface area contributed by atoms with Gasteiger partial charge in [0.05, 0.1) is 18.1 Å². The van der Waals surface area contributed by atoms with E-state index in [1.165, 1.54) is 0 Å². The van der Waals surface area contributed by atoms with E-state index >= 15 is 0 Å². The molecule has 6 heteroatoms. The van der Waals surface area contributed by atoms with Crippen LogP contribution in [0, 0.1) is 6.92 Å². The molecule has 1 aromatic carbocycles. The zero-order valence-electron chi connectivity index (χ0n) is 14.2. The summed E-state index contributed by atoms with van der Waals surface area (Å²) in [4.78, 5) is 18.9. The van der Waals surface area contributed by atoms with E-state index in [9.17, 15) is 4.79 Å². The highest BCUT2D eigenvalue weighted by molar-refractivity contribution is 5.94. The van der Waals surface area contributed by atoms with Crippen molar-refractivity contribution in [3.8, 4) is 5.69 Å². The average Bonchev–Trinajstić information content (AvgIpc) is 3.33. The summed E-state index contributed by atoms with van der Waals surface area (Å²) in [6, 6.07) is 9.95. The topological polar surface area (TPSA) is 56.0 Å². The lowest BCUT2D eigenvalue weighted by atomic mass is 10.0. The summed E-state index contributed by atoms with van der Waals surface area (Å²) < 4.78 is 3.97. The molecule has 0 spiro atoms. The molecule has 1 fully saturated rings. The first-order chi connectivity index (χ1) is 12.2. The van der Waals surface area contributed by atoms with Crippen LogP contribution >= 0.6 is 0 Å². The van der Waals surface area contributed by atoms with Gasteiger partial charge in [0.15, 0.2) is 0 Å². The molecule has 4 rings (SSSR count). The number of rotatable bonds is 3. The van der Waals surface area contributed by atoms with E-state index in [4.69, 9.17) is 0 Å². The first-order valence-corrected chi connectivity index (χ1v) is 8.60. The molecule has 6 nitrogen and oxygen atoms in total. The lowest BCUT2D eigenvalue weighted by Crippen LogP contribution is -2.40. The van der Waals surface area contributed by atoms with E-state index in [0.29, 0.717) is 6.04 Å². The number of carbonyl (C=O) groups excluding carboxylic acids is 1. The van der Waals surface area contributed by atoms with Gasteiger partial charge in [-0.05, 0) is 50.1 Å². The molecule has 128 valence electrons. The lowest BCUT2D eigenvalue weighted by Gasteiger charge is -2.33. The molecule has 2 aromatic heterocycles. The summed E-state index contributed by atoms with van der Waals surface area (Å²) in [6.45, 7) is 3.55. The highest BCUT2D eigenvalue weighted by Crippen LogP contribution is 2.23. The number of likely N-dealkylation sites (tertiary alicyclic amines) is 1. The zero-order chi connectivity index (χ0) is 17.2. The molecule has 25 heavy (non-hydrogen) atoms. The second-order valence-corrected chi connectivity index (χ2v) is 6.49. The largest absolute Gasteiger partial charge is 0.337 e. The van der Waals surface area contributed by atoms with E-state index in [-0.39, 0.29) is 5.91 Å². The number of hydrogen-bond donors (Lipinski definition) is 0. The number of aryl methyl sites for hydroxylation is 1. The molecule has 0 saturated carbocycles. The van der Waals surface area contributed by atoms with Crippen molar-refractivity contribution in [1.29, 1.82) is 0 Å². The van der Waals surface area contributed by atoms with Gasteiger partial charge in [-0.2, -0.15) is 5.10 Å². The quantitative estimate of drug-likeness (QED) is 0.739. The summed E-state index contributed by atoms with van der Waals surface area (Å²) in [6.07, 6.45) is 9.46. The van der Waals surface area contributed by atoms with Crippen LogP contribution in [-0.4, -0.2) is 43.2 Å². The first kappa shape index (κ1) is 15.6. The molecule has 3 heterocycles. The van der Waals surface area contributed by atoms with Gasteiger partial charge in [-0.25, -0.2) is 9.67 Å². The summed E-state index contributed by atoms with van der Waals surface area (Å²) in [5.74, 6) is 0.0913. The van der Waals surface area contributed by atoms with Gasteiger partial charge in [0.2, 0.25) is 0 Å². The Morgan fingerprint density at radius 3 is 2.68 bits per heavy atom. The maximum absolute atomic E-state index is 12.9. The minimum absolute atomic E-state index is 0.0913. The Morgan fingerprint density at radius 2 is 2.00 bits per heavy atom. The summed E-state index contributed by atoms with van der Waals surface area (Å²) in [5.41, 5.74) is 2.76. The molecule has 3 aromatic rings. The highest BCUT2D eigenvalue weighted by atomic mass is 16.2. The van der Waals surface area contributed by atoms with Crippen LogP contribution in [0.5, 0.6) is 0 Å². The molecular weight excluding hydrogens is 314 g/mol. The molecule has 1 saturated heterocycles. The molecule has 1 aliphatic rings. The van der Waals surface area contributed by atoms with E-state index in [1.807, 2.05) is 59.4 Å². The van der Waals surface area contributed by atoms with Crippen molar-refractivity contribution >= 4 is 5.91 Å². The normalized spacial score (nSPS) is 17.6. The van der Waals surface area contributed by atoms with Gasteiger partial charge in [0.25, 0.3) is 5.91 Å². The second kappa shape index (κ2) is 6.55. The summed E-state index contributed by atoms with van der Waals surface area (Å²) >= 11 is 0. The van der Waals surface area contributed by atoms with Crippen molar-refractivity contribution in [2.75, 3.05) is 13.1 Å². The third kappa shape index (κ3) is 3.07. The summed E-state index contributed by atoms with van der Waals surface area (Å²) in [7, 11) is 0. The number of carbonyl (C=O) groups is 1. The van der Waals surface area contributed by atoms with Gasteiger partial charge >= 0.3 is 0 Å². The predicted octanol–water partition coefficient (Wildman–Crippen LogP) is 2.85. The van der Waals surface area contributed by atoms with Crippen molar-refractivity contribution in [2.45, 2.75) is 25.8 Å². The Kier molecular flexibility index (Phi) is 4.09. The van der Waals surface area contributed by atoms with Crippen LogP contribution in [0.3, 0.4) is 0 Å². The van der Waals surface area contributed by atoms with Gasteiger partial charge in [0.1, 0.15) is 0 Å². The van der Waals surface area contributed by atoms with Crippen LogP contribution in [0.2, 0.25) is 0 Å². The highest BCUT2D eigenvalue weighted by Gasteiger charge is 2.25. The second-order valence-electron chi connectivity index (χ2n) is 6.49. The molecule has 1 aliphatic heterocycles. The molecule has 0 radical (unpaired) electrons. The fourth-order valence-electron chi connectivity index (χ4n) is 3.44. The number of piperidine rings is 1.